The first-order chi connectivity index (χ1) is 8.29. The molecule has 2 nitrogen and oxygen atoms in total. The van der Waals surface area contributed by atoms with E-state index in [1.807, 2.05) is 24.3 Å². The third-order valence-electron chi connectivity index (χ3n) is 3.60. The monoisotopic (exact) mass is 252 g/mol. The van der Waals surface area contributed by atoms with Gasteiger partial charge < -0.3 is 9.47 Å². The van der Waals surface area contributed by atoms with E-state index in [0.29, 0.717) is 0 Å². The van der Waals surface area contributed by atoms with Crippen LogP contribution < -0.4 is 9.47 Å². The van der Waals surface area contributed by atoms with Gasteiger partial charge in [0.15, 0.2) is 11.5 Å². The van der Waals surface area contributed by atoms with Gasteiger partial charge in [-0.1, -0.05) is 25.0 Å². The minimum Gasteiger partial charge on any atom is -0.493 e. The lowest BCUT2D eigenvalue weighted by molar-refractivity contribution is 0.168. The van der Waals surface area contributed by atoms with E-state index in [2.05, 4.69) is 12.6 Å². The van der Waals surface area contributed by atoms with E-state index in [-0.39, 0.29) is 5.41 Å². The quantitative estimate of drug-likeness (QED) is 0.808. The standard InChI is InChI=1S/C14H20O2S/c1-15-12-6-2-3-7-13(12)16-10-14(11-17)8-4-5-9-14/h2-3,6-7,17H,4-5,8-11H2,1H3. The molecular formula is C14H20O2S. The molecule has 1 saturated carbocycles. The summed E-state index contributed by atoms with van der Waals surface area (Å²) < 4.78 is 11.2. The van der Waals surface area contributed by atoms with Gasteiger partial charge in [-0.15, -0.1) is 0 Å². The fourth-order valence-electron chi connectivity index (χ4n) is 2.44. The van der Waals surface area contributed by atoms with Gasteiger partial charge in [0, 0.05) is 5.41 Å². The second-order valence-corrected chi connectivity index (χ2v) is 5.12. The Morgan fingerprint density at radius 3 is 2.41 bits per heavy atom. The van der Waals surface area contributed by atoms with Crippen LogP contribution in [0.3, 0.4) is 0 Å². The minimum absolute atomic E-state index is 0.268. The Bertz CT molecular complexity index is 359. The molecule has 1 fully saturated rings. The van der Waals surface area contributed by atoms with Crippen LogP contribution in [0.25, 0.3) is 0 Å². The molecule has 2 rings (SSSR count). The SMILES string of the molecule is COc1ccccc1OCC1(CS)CCCC1. The Morgan fingerprint density at radius 1 is 1.18 bits per heavy atom. The van der Waals surface area contributed by atoms with Crippen molar-refractivity contribution in [3.63, 3.8) is 0 Å². The number of benzene rings is 1. The first-order valence-corrected chi connectivity index (χ1v) is 6.80. The summed E-state index contributed by atoms with van der Waals surface area (Å²) in [5.41, 5.74) is 0.268. The molecule has 0 heterocycles. The van der Waals surface area contributed by atoms with Crippen LogP contribution in [0.4, 0.5) is 0 Å². The van der Waals surface area contributed by atoms with Crippen LogP contribution in [-0.2, 0) is 0 Å². The van der Waals surface area contributed by atoms with Gasteiger partial charge in [0.25, 0.3) is 0 Å². The molecule has 0 N–H and O–H groups in total. The molecule has 0 atom stereocenters. The Hall–Kier alpha value is -0.830. The maximum atomic E-state index is 5.93. The van der Waals surface area contributed by atoms with Crippen LogP contribution in [0, 0.1) is 5.41 Å². The van der Waals surface area contributed by atoms with Crippen LogP contribution in [0.5, 0.6) is 11.5 Å². The topological polar surface area (TPSA) is 18.5 Å². The molecule has 0 aromatic heterocycles. The smallest absolute Gasteiger partial charge is 0.161 e. The predicted molar refractivity (Wildman–Crippen MR) is 73.2 cm³/mol. The van der Waals surface area contributed by atoms with E-state index >= 15 is 0 Å². The lowest BCUT2D eigenvalue weighted by Gasteiger charge is -2.27. The van der Waals surface area contributed by atoms with Crippen LogP contribution in [0.2, 0.25) is 0 Å². The van der Waals surface area contributed by atoms with Gasteiger partial charge in [-0.3, -0.25) is 0 Å². The number of hydrogen-bond acceptors (Lipinski definition) is 3. The van der Waals surface area contributed by atoms with Crippen LogP contribution >= 0.6 is 12.6 Å². The van der Waals surface area contributed by atoms with E-state index in [1.165, 1.54) is 25.7 Å². The van der Waals surface area contributed by atoms with Crippen LogP contribution in [-0.4, -0.2) is 19.5 Å². The molecule has 0 saturated heterocycles. The molecule has 0 unspecified atom stereocenters. The Kier molecular flexibility index (Phi) is 4.21. The van der Waals surface area contributed by atoms with Gasteiger partial charge in [-0.05, 0) is 30.7 Å². The summed E-state index contributed by atoms with van der Waals surface area (Å²) in [6.45, 7) is 0.747. The van der Waals surface area contributed by atoms with E-state index in [0.717, 1.165) is 23.9 Å². The maximum Gasteiger partial charge on any atom is 0.161 e. The molecule has 1 aliphatic rings. The summed E-state index contributed by atoms with van der Waals surface area (Å²) in [5.74, 6) is 2.55. The van der Waals surface area contributed by atoms with Crippen molar-refractivity contribution in [2.75, 3.05) is 19.5 Å². The van der Waals surface area contributed by atoms with E-state index in [4.69, 9.17) is 9.47 Å². The average molecular weight is 252 g/mol. The van der Waals surface area contributed by atoms with Crippen molar-refractivity contribution in [2.45, 2.75) is 25.7 Å². The van der Waals surface area contributed by atoms with Gasteiger partial charge in [0.1, 0.15) is 0 Å². The molecule has 17 heavy (non-hydrogen) atoms. The highest BCUT2D eigenvalue weighted by molar-refractivity contribution is 7.80. The summed E-state index contributed by atoms with van der Waals surface area (Å²) in [6, 6.07) is 7.81. The zero-order chi connectivity index (χ0) is 12.1. The lowest BCUT2D eigenvalue weighted by atomic mass is 9.90. The van der Waals surface area contributed by atoms with Crippen LogP contribution in [0.1, 0.15) is 25.7 Å². The molecule has 0 aliphatic heterocycles. The number of para-hydroxylation sites is 2. The molecule has 1 aromatic rings. The summed E-state index contributed by atoms with van der Waals surface area (Å²) in [7, 11) is 1.67. The largest absolute Gasteiger partial charge is 0.493 e. The number of methoxy groups -OCH3 is 1. The van der Waals surface area contributed by atoms with Gasteiger partial charge in [0.05, 0.1) is 13.7 Å². The number of ether oxygens (including phenoxy) is 2. The Morgan fingerprint density at radius 2 is 1.82 bits per heavy atom. The average Bonchev–Trinajstić information content (AvgIpc) is 2.86. The lowest BCUT2D eigenvalue weighted by Crippen LogP contribution is -2.27. The molecule has 0 bridgehead atoms. The molecule has 1 aliphatic carbocycles. The van der Waals surface area contributed by atoms with Crippen molar-refractivity contribution in [1.29, 1.82) is 0 Å². The van der Waals surface area contributed by atoms with Crippen molar-refractivity contribution in [1.82, 2.24) is 0 Å². The van der Waals surface area contributed by atoms with Crippen molar-refractivity contribution < 1.29 is 9.47 Å². The Labute approximate surface area is 109 Å². The van der Waals surface area contributed by atoms with Gasteiger partial charge in [0.2, 0.25) is 0 Å². The third-order valence-corrected chi connectivity index (χ3v) is 4.27. The van der Waals surface area contributed by atoms with Gasteiger partial charge in [-0.2, -0.15) is 12.6 Å². The molecule has 0 radical (unpaired) electrons. The summed E-state index contributed by atoms with van der Waals surface area (Å²) >= 11 is 4.49. The van der Waals surface area contributed by atoms with E-state index < -0.39 is 0 Å². The van der Waals surface area contributed by atoms with Gasteiger partial charge >= 0.3 is 0 Å². The highest BCUT2D eigenvalue weighted by Crippen LogP contribution is 2.40. The number of thiol groups is 1. The zero-order valence-electron chi connectivity index (χ0n) is 10.3. The second kappa shape index (κ2) is 5.67. The number of hydrogen-bond donors (Lipinski definition) is 1. The molecular weight excluding hydrogens is 232 g/mol. The molecule has 94 valence electrons. The summed E-state index contributed by atoms with van der Waals surface area (Å²) in [6.07, 6.45) is 5.06. The zero-order valence-corrected chi connectivity index (χ0v) is 11.2. The molecule has 0 amide bonds. The second-order valence-electron chi connectivity index (χ2n) is 4.80. The highest BCUT2D eigenvalue weighted by Gasteiger charge is 2.33. The fraction of sp³-hybridized carbons (Fsp3) is 0.571. The normalized spacial score (nSPS) is 18.0. The van der Waals surface area contributed by atoms with E-state index in [9.17, 15) is 0 Å². The van der Waals surface area contributed by atoms with Crippen molar-refractivity contribution >= 4 is 12.6 Å². The third kappa shape index (κ3) is 2.89. The highest BCUT2D eigenvalue weighted by atomic mass is 32.1. The molecule has 1 aromatic carbocycles. The Balaban J connectivity index is 2.01. The predicted octanol–water partition coefficient (Wildman–Crippen LogP) is 3.56. The van der Waals surface area contributed by atoms with Crippen molar-refractivity contribution in [3.8, 4) is 11.5 Å². The van der Waals surface area contributed by atoms with E-state index in [1.54, 1.807) is 7.11 Å². The first-order valence-electron chi connectivity index (χ1n) is 6.16. The fourth-order valence-corrected chi connectivity index (χ4v) is 2.85. The first kappa shape index (κ1) is 12.6. The van der Waals surface area contributed by atoms with Crippen molar-refractivity contribution in [3.05, 3.63) is 24.3 Å². The number of rotatable bonds is 5. The molecule has 3 heteroatoms. The van der Waals surface area contributed by atoms with Crippen LogP contribution in [0.15, 0.2) is 24.3 Å². The maximum absolute atomic E-state index is 5.93. The molecule has 0 spiro atoms. The minimum atomic E-state index is 0.268. The summed E-state index contributed by atoms with van der Waals surface area (Å²) in [5, 5.41) is 0. The van der Waals surface area contributed by atoms with Gasteiger partial charge in [-0.25, -0.2) is 0 Å². The summed E-state index contributed by atoms with van der Waals surface area (Å²) in [4.78, 5) is 0. The van der Waals surface area contributed by atoms with Crippen molar-refractivity contribution in [2.24, 2.45) is 5.41 Å².